The highest BCUT2D eigenvalue weighted by atomic mass is 16.5. The molecule has 1 aromatic heterocycles. The lowest BCUT2D eigenvalue weighted by atomic mass is 9.97. The fourth-order valence-electron chi connectivity index (χ4n) is 2.51. The van der Waals surface area contributed by atoms with Gasteiger partial charge in [0, 0.05) is 24.4 Å². The highest BCUT2D eigenvalue weighted by molar-refractivity contribution is 6.00. The van der Waals surface area contributed by atoms with E-state index in [1.165, 1.54) is 0 Å². The van der Waals surface area contributed by atoms with Crippen molar-refractivity contribution in [1.82, 2.24) is 4.98 Å². The first kappa shape index (κ1) is 13.6. The van der Waals surface area contributed by atoms with Crippen LogP contribution in [-0.4, -0.2) is 24.0 Å². The van der Waals surface area contributed by atoms with Crippen LogP contribution in [0.25, 0.3) is 0 Å². The smallest absolute Gasteiger partial charge is 0.170 e. The van der Waals surface area contributed by atoms with E-state index in [4.69, 9.17) is 9.47 Å². The molecule has 21 heavy (non-hydrogen) atoms. The molecule has 0 saturated carbocycles. The van der Waals surface area contributed by atoms with E-state index < -0.39 is 0 Å². The van der Waals surface area contributed by atoms with Crippen LogP contribution in [0.1, 0.15) is 28.9 Å². The Balaban J connectivity index is 1.70. The molecule has 4 heteroatoms. The van der Waals surface area contributed by atoms with Crippen LogP contribution in [0.4, 0.5) is 0 Å². The normalized spacial score (nSPS) is 17.0. The third kappa shape index (κ3) is 3.05. The lowest BCUT2D eigenvalue weighted by Crippen LogP contribution is -2.27. The number of methoxy groups -OCH3 is 1. The second kappa shape index (κ2) is 5.95. The number of hydrogen-bond donors (Lipinski definition) is 0. The number of pyridine rings is 1. The van der Waals surface area contributed by atoms with Crippen molar-refractivity contribution < 1.29 is 14.3 Å². The van der Waals surface area contributed by atoms with E-state index in [1.807, 2.05) is 18.2 Å². The lowest BCUT2D eigenvalue weighted by Gasteiger charge is -2.25. The minimum Gasteiger partial charge on any atom is -0.497 e. The zero-order valence-corrected chi connectivity index (χ0v) is 11.9. The van der Waals surface area contributed by atoms with Crippen molar-refractivity contribution in [2.75, 3.05) is 7.11 Å². The van der Waals surface area contributed by atoms with Crippen LogP contribution in [-0.2, 0) is 6.42 Å². The predicted octanol–water partition coefficient (Wildman–Crippen LogP) is 3.06. The predicted molar refractivity (Wildman–Crippen MR) is 78.9 cm³/mol. The SMILES string of the molecule is COc1ccc2c(c1)O[C@H](CCc1ccccn1)CC2=O. The molecule has 1 aromatic carbocycles. The Labute approximate surface area is 123 Å². The van der Waals surface area contributed by atoms with Crippen LogP contribution in [0.3, 0.4) is 0 Å². The number of Topliss-reactive ketones (excluding diaryl/α,β-unsaturated/α-hetero) is 1. The van der Waals surface area contributed by atoms with Crippen LogP contribution in [0.2, 0.25) is 0 Å². The Morgan fingerprint density at radius 1 is 1.33 bits per heavy atom. The average molecular weight is 283 g/mol. The third-order valence-corrected chi connectivity index (χ3v) is 3.64. The number of rotatable bonds is 4. The molecule has 4 nitrogen and oxygen atoms in total. The summed E-state index contributed by atoms with van der Waals surface area (Å²) < 4.78 is 11.1. The highest BCUT2D eigenvalue weighted by Gasteiger charge is 2.26. The van der Waals surface area contributed by atoms with Crippen LogP contribution < -0.4 is 9.47 Å². The molecule has 0 saturated heterocycles. The van der Waals surface area contributed by atoms with Crippen LogP contribution in [0, 0.1) is 0 Å². The molecule has 0 amide bonds. The van der Waals surface area contributed by atoms with Gasteiger partial charge in [-0.2, -0.15) is 0 Å². The Morgan fingerprint density at radius 3 is 3.00 bits per heavy atom. The van der Waals surface area contributed by atoms with Crippen LogP contribution >= 0.6 is 0 Å². The van der Waals surface area contributed by atoms with E-state index in [9.17, 15) is 4.79 Å². The maximum Gasteiger partial charge on any atom is 0.170 e. The van der Waals surface area contributed by atoms with E-state index in [-0.39, 0.29) is 11.9 Å². The first-order valence-corrected chi connectivity index (χ1v) is 7.04. The van der Waals surface area contributed by atoms with Crippen LogP contribution in [0.5, 0.6) is 11.5 Å². The van der Waals surface area contributed by atoms with Gasteiger partial charge in [0.15, 0.2) is 5.78 Å². The van der Waals surface area contributed by atoms with Crippen molar-refractivity contribution in [2.45, 2.75) is 25.4 Å². The van der Waals surface area contributed by atoms with E-state index in [0.29, 0.717) is 23.5 Å². The second-order valence-corrected chi connectivity index (χ2v) is 5.09. The number of ether oxygens (including phenoxy) is 2. The molecule has 0 N–H and O–H groups in total. The number of carbonyl (C=O) groups excluding carboxylic acids is 1. The molecule has 0 bridgehead atoms. The van der Waals surface area contributed by atoms with E-state index in [0.717, 1.165) is 18.5 Å². The van der Waals surface area contributed by atoms with Gasteiger partial charge in [-0.3, -0.25) is 9.78 Å². The van der Waals surface area contributed by atoms with E-state index in [2.05, 4.69) is 4.98 Å². The molecule has 0 aliphatic carbocycles. The molecule has 1 aliphatic heterocycles. The number of carbonyl (C=O) groups is 1. The van der Waals surface area contributed by atoms with Gasteiger partial charge in [0.1, 0.15) is 17.6 Å². The van der Waals surface area contributed by atoms with Gasteiger partial charge >= 0.3 is 0 Å². The average Bonchev–Trinajstić information content (AvgIpc) is 2.53. The molecule has 0 spiro atoms. The van der Waals surface area contributed by atoms with Gasteiger partial charge in [0.2, 0.25) is 0 Å². The number of ketones is 1. The van der Waals surface area contributed by atoms with Crippen molar-refractivity contribution in [3.8, 4) is 11.5 Å². The summed E-state index contributed by atoms with van der Waals surface area (Å²) in [6.45, 7) is 0. The summed E-state index contributed by atoms with van der Waals surface area (Å²) >= 11 is 0. The number of fused-ring (bicyclic) bond motifs is 1. The summed E-state index contributed by atoms with van der Waals surface area (Å²) in [6, 6.07) is 11.2. The van der Waals surface area contributed by atoms with Crippen molar-refractivity contribution >= 4 is 5.78 Å². The molecule has 108 valence electrons. The van der Waals surface area contributed by atoms with Gasteiger partial charge < -0.3 is 9.47 Å². The van der Waals surface area contributed by atoms with Gasteiger partial charge in [0.25, 0.3) is 0 Å². The monoisotopic (exact) mass is 283 g/mol. The number of hydrogen-bond acceptors (Lipinski definition) is 4. The summed E-state index contributed by atoms with van der Waals surface area (Å²) in [5.41, 5.74) is 1.66. The molecular formula is C17H17NO3. The molecule has 1 atom stereocenters. The molecule has 0 radical (unpaired) electrons. The summed E-state index contributed by atoms with van der Waals surface area (Å²) in [4.78, 5) is 16.5. The van der Waals surface area contributed by atoms with Gasteiger partial charge in [-0.25, -0.2) is 0 Å². The standard InChI is InChI=1S/C17H17NO3/c1-20-13-7-8-15-16(19)10-14(21-17(15)11-13)6-5-12-4-2-3-9-18-12/h2-4,7-9,11,14H,5-6,10H2,1H3/t14-/m1/s1. The number of nitrogens with zero attached hydrogens (tertiary/aromatic N) is 1. The zero-order valence-electron chi connectivity index (χ0n) is 11.9. The minimum atomic E-state index is -0.0980. The Hall–Kier alpha value is -2.36. The molecule has 1 aliphatic rings. The van der Waals surface area contributed by atoms with Gasteiger partial charge in [-0.05, 0) is 37.1 Å². The molecule has 3 rings (SSSR count). The van der Waals surface area contributed by atoms with Crippen molar-refractivity contribution in [2.24, 2.45) is 0 Å². The largest absolute Gasteiger partial charge is 0.497 e. The summed E-state index contributed by atoms with van der Waals surface area (Å²) in [6.07, 6.45) is 3.69. The highest BCUT2D eigenvalue weighted by Crippen LogP contribution is 2.32. The zero-order chi connectivity index (χ0) is 14.7. The molecule has 0 fully saturated rings. The van der Waals surface area contributed by atoms with Gasteiger partial charge in [-0.15, -0.1) is 0 Å². The van der Waals surface area contributed by atoms with E-state index >= 15 is 0 Å². The Kier molecular flexibility index (Phi) is 3.86. The van der Waals surface area contributed by atoms with Crippen molar-refractivity contribution in [3.63, 3.8) is 0 Å². The fraction of sp³-hybridized carbons (Fsp3) is 0.294. The van der Waals surface area contributed by atoms with Crippen molar-refractivity contribution in [3.05, 3.63) is 53.9 Å². The second-order valence-electron chi connectivity index (χ2n) is 5.09. The van der Waals surface area contributed by atoms with Gasteiger partial charge in [0.05, 0.1) is 12.7 Å². The first-order chi connectivity index (χ1) is 10.3. The van der Waals surface area contributed by atoms with Crippen molar-refractivity contribution in [1.29, 1.82) is 0 Å². The summed E-state index contributed by atoms with van der Waals surface area (Å²) in [7, 11) is 1.60. The van der Waals surface area contributed by atoms with Crippen LogP contribution in [0.15, 0.2) is 42.6 Å². The molecular weight excluding hydrogens is 266 g/mol. The number of aromatic nitrogens is 1. The minimum absolute atomic E-state index is 0.0980. The van der Waals surface area contributed by atoms with E-state index in [1.54, 1.807) is 31.5 Å². The van der Waals surface area contributed by atoms with Gasteiger partial charge in [-0.1, -0.05) is 6.07 Å². The third-order valence-electron chi connectivity index (χ3n) is 3.64. The molecule has 2 heterocycles. The molecule has 2 aromatic rings. The topological polar surface area (TPSA) is 48.4 Å². The summed E-state index contributed by atoms with van der Waals surface area (Å²) in [5, 5.41) is 0. The maximum atomic E-state index is 12.2. The number of benzene rings is 1. The Bertz CT molecular complexity index is 640. The Morgan fingerprint density at radius 2 is 2.24 bits per heavy atom. The number of aryl methyl sites for hydroxylation is 1. The maximum absolute atomic E-state index is 12.2. The first-order valence-electron chi connectivity index (χ1n) is 7.04. The quantitative estimate of drug-likeness (QED) is 0.865. The summed E-state index contributed by atoms with van der Waals surface area (Å²) in [5.74, 6) is 1.45. The molecule has 0 unspecified atom stereocenters. The fourth-order valence-corrected chi connectivity index (χ4v) is 2.51. The lowest BCUT2D eigenvalue weighted by molar-refractivity contribution is 0.0838.